The van der Waals surface area contributed by atoms with Crippen LogP contribution in [0.1, 0.15) is 24.3 Å². The van der Waals surface area contributed by atoms with E-state index in [2.05, 4.69) is 29.2 Å². The van der Waals surface area contributed by atoms with Crippen molar-refractivity contribution in [3.8, 4) is 22.6 Å². The number of likely N-dealkylation sites (tertiary alicyclic amines) is 1. The van der Waals surface area contributed by atoms with Gasteiger partial charge in [0.05, 0.1) is 12.1 Å². The molecule has 0 saturated carbocycles. The minimum absolute atomic E-state index is 0.636. The van der Waals surface area contributed by atoms with E-state index in [1.54, 1.807) is 0 Å². The summed E-state index contributed by atoms with van der Waals surface area (Å²) >= 11 is 0. The molecule has 0 aliphatic carbocycles. The molecule has 1 aliphatic rings. The maximum atomic E-state index is 11.1. The maximum Gasteiger partial charge on any atom is 0.209 e. The summed E-state index contributed by atoms with van der Waals surface area (Å²) in [4.78, 5) is 7.19. The number of rotatable bonds is 5. The van der Waals surface area contributed by atoms with Gasteiger partial charge in [-0.05, 0) is 18.4 Å². The van der Waals surface area contributed by atoms with Crippen LogP contribution in [-0.4, -0.2) is 28.1 Å². The number of benzene rings is 3. The van der Waals surface area contributed by atoms with Gasteiger partial charge < -0.3 is 9.52 Å². The fraction of sp³-hybridized carbons (Fsp3) is 0.222. The molecule has 0 unspecified atom stereocenters. The molecule has 4 heteroatoms. The average Bonchev–Trinajstić information content (AvgIpc) is 3.26. The lowest BCUT2D eigenvalue weighted by Crippen LogP contribution is -2.42. The Labute approximate surface area is 182 Å². The van der Waals surface area contributed by atoms with Gasteiger partial charge in [0.1, 0.15) is 5.69 Å². The van der Waals surface area contributed by atoms with Gasteiger partial charge in [0.25, 0.3) is 0 Å². The second-order valence-electron chi connectivity index (χ2n) is 8.19. The summed E-state index contributed by atoms with van der Waals surface area (Å²) in [5.41, 5.74) is 3.20. The van der Waals surface area contributed by atoms with E-state index in [0.29, 0.717) is 25.3 Å². The first kappa shape index (κ1) is 19.7. The quantitative estimate of drug-likeness (QED) is 0.472. The Morgan fingerprint density at radius 3 is 1.94 bits per heavy atom. The normalized spacial score (nSPS) is 16.3. The number of nitrogens with zero attached hydrogens (tertiary/aromatic N) is 2. The Morgan fingerprint density at radius 2 is 1.32 bits per heavy atom. The highest BCUT2D eigenvalue weighted by atomic mass is 16.4. The Kier molecular flexibility index (Phi) is 5.41. The molecule has 4 nitrogen and oxygen atoms in total. The standard InChI is InChI=1S/C27H26N2O2/c30-27(23-14-8-3-9-15-23)16-18-29(19-17-27)20-24-28-25(21-10-4-1-5-11-21)26(31-24)22-12-6-2-7-13-22/h1-15,30H,16-20H2. The predicted octanol–water partition coefficient (Wildman–Crippen LogP) is 5.49. The summed E-state index contributed by atoms with van der Waals surface area (Å²) in [6.45, 7) is 2.24. The van der Waals surface area contributed by atoms with Crippen molar-refractivity contribution < 1.29 is 9.52 Å². The van der Waals surface area contributed by atoms with E-state index < -0.39 is 5.60 Å². The first-order valence-corrected chi connectivity index (χ1v) is 10.8. The van der Waals surface area contributed by atoms with Crippen molar-refractivity contribution in [2.45, 2.75) is 25.0 Å². The molecule has 0 radical (unpaired) electrons. The topological polar surface area (TPSA) is 49.5 Å². The summed E-state index contributed by atoms with van der Waals surface area (Å²) < 4.78 is 6.28. The third-order valence-electron chi connectivity index (χ3n) is 6.11. The molecule has 0 spiro atoms. The van der Waals surface area contributed by atoms with Gasteiger partial charge in [-0.1, -0.05) is 91.0 Å². The second-order valence-corrected chi connectivity index (χ2v) is 8.19. The van der Waals surface area contributed by atoms with Crippen LogP contribution in [0.2, 0.25) is 0 Å². The largest absolute Gasteiger partial charge is 0.439 e. The molecular weight excluding hydrogens is 384 g/mol. The summed E-state index contributed by atoms with van der Waals surface area (Å²) in [6, 6.07) is 30.3. The minimum atomic E-state index is -0.751. The highest BCUT2D eigenvalue weighted by Gasteiger charge is 2.34. The zero-order valence-corrected chi connectivity index (χ0v) is 17.4. The van der Waals surface area contributed by atoms with Crippen molar-refractivity contribution in [1.29, 1.82) is 0 Å². The summed E-state index contributed by atoms with van der Waals surface area (Å²) in [5, 5.41) is 11.1. The molecule has 1 fully saturated rings. The third kappa shape index (κ3) is 4.18. The van der Waals surface area contributed by atoms with Crippen LogP contribution in [0.25, 0.3) is 22.6 Å². The monoisotopic (exact) mass is 410 g/mol. The van der Waals surface area contributed by atoms with Crippen molar-refractivity contribution >= 4 is 0 Å². The average molecular weight is 411 g/mol. The Balaban J connectivity index is 1.36. The van der Waals surface area contributed by atoms with Gasteiger partial charge in [-0.15, -0.1) is 0 Å². The predicted molar refractivity (Wildman–Crippen MR) is 122 cm³/mol. The summed E-state index contributed by atoms with van der Waals surface area (Å²) in [6.07, 6.45) is 1.41. The van der Waals surface area contributed by atoms with Crippen LogP contribution in [0.3, 0.4) is 0 Å². The van der Waals surface area contributed by atoms with Crippen LogP contribution < -0.4 is 0 Å². The lowest BCUT2D eigenvalue weighted by Gasteiger charge is -2.38. The van der Waals surface area contributed by atoms with Crippen molar-refractivity contribution in [2.24, 2.45) is 0 Å². The van der Waals surface area contributed by atoms with E-state index in [4.69, 9.17) is 9.40 Å². The number of aliphatic hydroxyl groups is 1. The molecule has 1 N–H and O–H groups in total. The van der Waals surface area contributed by atoms with Crippen LogP contribution in [0.15, 0.2) is 95.4 Å². The van der Waals surface area contributed by atoms with E-state index in [0.717, 1.165) is 41.2 Å². The fourth-order valence-electron chi connectivity index (χ4n) is 4.32. The summed E-state index contributed by atoms with van der Waals surface area (Å²) in [7, 11) is 0. The number of hydrogen-bond acceptors (Lipinski definition) is 4. The van der Waals surface area contributed by atoms with Gasteiger partial charge in [0.2, 0.25) is 5.89 Å². The third-order valence-corrected chi connectivity index (χ3v) is 6.11. The van der Waals surface area contributed by atoms with Gasteiger partial charge >= 0.3 is 0 Å². The number of aromatic nitrogens is 1. The van der Waals surface area contributed by atoms with Crippen LogP contribution in [0.5, 0.6) is 0 Å². The molecule has 3 aromatic carbocycles. The molecule has 0 bridgehead atoms. The molecule has 0 amide bonds. The van der Waals surface area contributed by atoms with E-state index in [1.165, 1.54) is 0 Å². The fourth-order valence-corrected chi connectivity index (χ4v) is 4.32. The second kappa shape index (κ2) is 8.50. The van der Waals surface area contributed by atoms with E-state index in [1.807, 2.05) is 66.7 Å². The lowest BCUT2D eigenvalue weighted by molar-refractivity contribution is -0.0292. The number of hydrogen-bond donors (Lipinski definition) is 1. The molecular formula is C27H26N2O2. The van der Waals surface area contributed by atoms with Gasteiger partial charge in [-0.2, -0.15) is 0 Å². The SMILES string of the molecule is OC1(c2ccccc2)CCN(Cc2nc(-c3ccccc3)c(-c3ccccc3)o2)CC1. The molecule has 156 valence electrons. The van der Waals surface area contributed by atoms with Gasteiger partial charge in [0, 0.05) is 24.2 Å². The van der Waals surface area contributed by atoms with Crippen molar-refractivity contribution in [1.82, 2.24) is 9.88 Å². The maximum absolute atomic E-state index is 11.1. The van der Waals surface area contributed by atoms with Crippen molar-refractivity contribution in [3.63, 3.8) is 0 Å². The minimum Gasteiger partial charge on any atom is -0.439 e. The smallest absolute Gasteiger partial charge is 0.209 e. The Bertz CT molecular complexity index is 1060. The van der Waals surface area contributed by atoms with Crippen LogP contribution in [0.4, 0.5) is 0 Å². The first-order chi connectivity index (χ1) is 15.2. The Hall–Kier alpha value is -3.21. The molecule has 5 rings (SSSR count). The summed E-state index contributed by atoms with van der Waals surface area (Å²) in [5.74, 6) is 1.52. The van der Waals surface area contributed by atoms with Crippen molar-refractivity contribution in [3.05, 3.63) is 102 Å². The van der Waals surface area contributed by atoms with Gasteiger partial charge in [-0.3, -0.25) is 4.90 Å². The van der Waals surface area contributed by atoms with Crippen LogP contribution in [0, 0.1) is 0 Å². The molecule has 1 aliphatic heterocycles. The number of piperidine rings is 1. The molecule has 1 saturated heterocycles. The van der Waals surface area contributed by atoms with E-state index in [-0.39, 0.29) is 0 Å². The van der Waals surface area contributed by atoms with E-state index in [9.17, 15) is 5.11 Å². The highest BCUT2D eigenvalue weighted by molar-refractivity contribution is 5.76. The molecule has 4 aromatic rings. The Morgan fingerprint density at radius 1 is 0.774 bits per heavy atom. The zero-order valence-electron chi connectivity index (χ0n) is 17.4. The van der Waals surface area contributed by atoms with Gasteiger partial charge in [0.15, 0.2) is 5.76 Å². The van der Waals surface area contributed by atoms with Crippen molar-refractivity contribution in [2.75, 3.05) is 13.1 Å². The highest BCUT2D eigenvalue weighted by Crippen LogP contribution is 2.35. The number of oxazole rings is 1. The molecule has 1 aromatic heterocycles. The molecule has 2 heterocycles. The zero-order chi connectivity index (χ0) is 21.1. The van der Waals surface area contributed by atoms with Crippen LogP contribution in [-0.2, 0) is 12.1 Å². The van der Waals surface area contributed by atoms with Gasteiger partial charge in [-0.25, -0.2) is 4.98 Å². The van der Waals surface area contributed by atoms with E-state index >= 15 is 0 Å². The first-order valence-electron chi connectivity index (χ1n) is 10.8. The van der Waals surface area contributed by atoms with Crippen LogP contribution >= 0.6 is 0 Å². The lowest BCUT2D eigenvalue weighted by atomic mass is 9.84. The molecule has 0 atom stereocenters. The molecule has 31 heavy (non-hydrogen) atoms.